The molecule has 2 rings (SSSR count). The van der Waals surface area contributed by atoms with Gasteiger partial charge in [0.15, 0.2) is 0 Å². The quantitative estimate of drug-likeness (QED) is 0.670. The summed E-state index contributed by atoms with van der Waals surface area (Å²) in [7, 11) is 0. The summed E-state index contributed by atoms with van der Waals surface area (Å²) < 4.78 is 0. The van der Waals surface area contributed by atoms with Gasteiger partial charge in [0.2, 0.25) is 5.91 Å². The summed E-state index contributed by atoms with van der Waals surface area (Å²) in [5.74, 6) is 2.92. The third-order valence-corrected chi connectivity index (χ3v) is 4.38. The largest absolute Gasteiger partial charge is 0.343 e. The molecule has 2 aliphatic carbocycles. The van der Waals surface area contributed by atoms with Crippen molar-refractivity contribution in [1.82, 2.24) is 4.90 Å². The molecule has 1 fully saturated rings. The third kappa shape index (κ3) is 3.11. The Morgan fingerprint density at radius 1 is 1.35 bits per heavy atom. The van der Waals surface area contributed by atoms with Gasteiger partial charge in [0.1, 0.15) is 0 Å². The van der Waals surface area contributed by atoms with Crippen molar-refractivity contribution in [3.63, 3.8) is 0 Å². The van der Waals surface area contributed by atoms with Crippen LogP contribution in [0.2, 0.25) is 0 Å². The second kappa shape index (κ2) is 5.70. The molecule has 2 nitrogen and oxygen atoms in total. The van der Waals surface area contributed by atoms with Crippen molar-refractivity contribution >= 4 is 5.91 Å². The fraction of sp³-hybridized carbons (Fsp3) is 0.800. The zero-order chi connectivity index (χ0) is 12.3. The van der Waals surface area contributed by atoms with E-state index in [0.29, 0.717) is 12.3 Å². The van der Waals surface area contributed by atoms with Gasteiger partial charge in [-0.05, 0) is 50.4 Å². The Kier molecular flexibility index (Phi) is 4.25. The average molecular weight is 235 g/mol. The molecule has 3 atom stereocenters. The number of hydrogen-bond donors (Lipinski definition) is 0. The minimum absolute atomic E-state index is 0.321. The van der Waals surface area contributed by atoms with Gasteiger partial charge in [-0.25, -0.2) is 0 Å². The smallest absolute Gasteiger partial charge is 0.222 e. The number of rotatable bonds is 5. The molecule has 0 spiro atoms. The van der Waals surface area contributed by atoms with Crippen LogP contribution in [-0.2, 0) is 4.79 Å². The lowest BCUT2D eigenvalue weighted by Crippen LogP contribution is -2.32. The summed E-state index contributed by atoms with van der Waals surface area (Å²) >= 11 is 0. The highest BCUT2D eigenvalue weighted by atomic mass is 16.2. The Morgan fingerprint density at radius 3 is 2.76 bits per heavy atom. The molecule has 0 heterocycles. The Morgan fingerprint density at radius 2 is 2.18 bits per heavy atom. The fourth-order valence-corrected chi connectivity index (χ4v) is 3.18. The molecular formula is C15H25NO. The minimum Gasteiger partial charge on any atom is -0.343 e. The van der Waals surface area contributed by atoms with Crippen molar-refractivity contribution in [1.29, 1.82) is 0 Å². The van der Waals surface area contributed by atoms with Crippen LogP contribution in [0.4, 0.5) is 0 Å². The molecule has 0 aliphatic heterocycles. The summed E-state index contributed by atoms with van der Waals surface area (Å²) in [6, 6.07) is 0. The van der Waals surface area contributed by atoms with E-state index < -0.39 is 0 Å². The van der Waals surface area contributed by atoms with Crippen molar-refractivity contribution in [3.05, 3.63) is 12.2 Å². The lowest BCUT2D eigenvalue weighted by molar-refractivity contribution is -0.130. The molecule has 2 unspecified atom stereocenters. The highest BCUT2D eigenvalue weighted by Crippen LogP contribution is 2.48. The molecule has 2 aliphatic rings. The number of hydrogen-bond acceptors (Lipinski definition) is 1. The highest BCUT2D eigenvalue weighted by molar-refractivity contribution is 5.75. The van der Waals surface area contributed by atoms with E-state index in [1.165, 1.54) is 25.7 Å². The zero-order valence-electron chi connectivity index (χ0n) is 11.2. The second-order valence-corrected chi connectivity index (χ2v) is 5.49. The van der Waals surface area contributed by atoms with Crippen LogP contribution in [0.1, 0.15) is 46.0 Å². The monoisotopic (exact) mass is 235 g/mol. The lowest BCUT2D eigenvalue weighted by Gasteiger charge is -2.22. The molecule has 0 radical (unpaired) electrons. The van der Waals surface area contributed by atoms with Gasteiger partial charge in [-0.2, -0.15) is 0 Å². The van der Waals surface area contributed by atoms with Gasteiger partial charge in [0.05, 0.1) is 0 Å². The first-order chi connectivity index (χ1) is 8.26. The van der Waals surface area contributed by atoms with Crippen LogP contribution in [-0.4, -0.2) is 23.9 Å². The molecule has 0 bridgehead atoms. The third-order valence-electron chi connectivity index (χ3n) is 4.38. The van der Waals surface area contributed by atoms with Gasteiger partial charge in [-0.15, -0.1) is 0 Å². The Bertz CT molecular complexity index is 297. The molecule has 0 aromatic carbocycles. The van der Waals surface area contributed by atoms with E-state index in [1.54, 1.807) is 0 Å². The first-order valence-electron chi connectivity index (χ1n) is 7.19. The molecule has 1 amide bonds. The maximum absolute atomic E-state index is 11.7. The minimum atomic E-state index is 0.321. The van der Waals surface area contributed by atoms with Gasteiger partial charge in [0.25, 0.3) is 0 Å². The molecular weight excluding hydrogens is 210 g/mol. The van der Waals surface area contributed by atoms with Crippen LogP contribution >= 0.6 is 0 Å². The molecule has 96 valence electrons. The molecule has 0 N–H and O–H groups in total. The van der Waals surface area contributed by atoms with E-state index in [-0.39, 0.29) is 0 Å². The number of carbonyl (C=O) groups excluding carboxylic acids is 1. The topological polar surface area (TPSA) is 20.3 Å². The number of nitrogens with zero attached hydrogens (tertiary/aromatic N) is 1. The second-order valence-electron chi connectivity index (χ2n) is 5.49. The number of allylic oxidation sites excluding steroid dienone is 2. The summed E-state index contributed by atoms with van der Waals surface area (Å²) in [5.41, 5.74) is 0. The van der Waals surface area contributed by atoms with E-state index in [1.807, 2.05) is 11.8 Å². The maximum atomic E-state index is 11.7. The van der Waals surface area contributed by atoms with Gasteiger partial charge in [0, 0.05) is 19.5 Å². The molecule has 17 heavy (non-hydrogen) atoms. The maximum Gasteiger partial charge on any atom is 0.222 e. The number of amides is 1. The summed E-state index contributed by atoms with van der Waals surface area (Å²) in [6.45, 7) is 5.93. The summed E-state index contributed by atoms with van der Waals surface area (Å²) in [4.78, 5) is 13.7. The van der Waals surface area contributed by atoms with E-state index in [0.717, 1.165) is 30.8 Å². The van der Waals surface area contributed by atoms with Crippen LogP contribution in [0.15, 0.2) is 12.2 Å². The molecule has 0 aromatic heterocycles. The van der Waals surface area contributed by atoms with Gasteiger partial charge < -0.3 is 4.90 Å². The Balaban J connectivity index is 1.78. The fourth-order valence-electron chi connectivity index (χ4n) is 3.18. The first kappa shape index (κ1) is 12.7. The average Bonchev–Trinajstić information content (AvgIpc) is 3.15. The number of carbonyl (C=O) groups is 1. The first-order valence-corrected chi connectivity index (χ1v) is 7.19. The van der Waals surface area contributed by atoms with Crippen molar-refractivity contribution in [2.24, 2.45) is 17.8 Å². The van der Waals surface area contributed by atoms with Crippen molar-refractivity contribution < 1.29 is 4.79 Å². The Labute approximate surface area is 105 Å². The van der Waals surface area contributed by atoms with Crippen LogP contribution in [0, 0.1) is 17.8 Å². The van der Waals surface area contributed by atoms with E-state index in [2.05, 4.69) is 19.1 Å². The predicted octanol–water partition coefficient (Wildman–Crippen LogP) is 3.24. The van der Waals surface area contributed by atoms with Crippen LogP contribution < -0.4 is 0 Å². The van der Waals surface area contributed by atoms with Crippen LogP contribution in [0.3, 0.4) is 0 Å². The summed E-state index contributed by atoms with van der Waals surface area (Å²) in [5, 5.41) is 0. The van der Waals surface area contributed by atoms with Crippen LogP contribution in [0.25, 0.3) is 0 Å². The van der Waals surface area contributed by atoms with E-state index in [9.17, 15) is 4.79 Å². The van der Waals surface area contributed by atoms with Crippen LogP contribution in [0.5, 0.6) is 0 Å². The predicted molar refractivity (Wildman–Crippen MR) is 70.6 cm³/mol. The normalized spacial score (nSPS) is 31.3. The SMILES string of the molecule is CCC(=O)N(CC)C[C@H]1CC1C1CC=CCC1. The Hall–Kier alpha value is -0.790. The molecule has 0 saturated heterocycles. The standard InChI is InChI=1S/C15H25NO/c1-3-15(17)16(4-2)11-13-10-14(13)12-8-6-5-7-9-12/h5-6,12-14H,3-4,7-11H2,1-2H3/t12?,13-,14?/m1/s1. The molecule has 1 saturated carbocycles. The van der Waals surface area contributed by atoms with E-state index in [4.69, 9.17) is 0 Å². The lowest BCUT2D eigenvalue weighted by atomic mass is 9.89. The summed E-state index contributed by atoms with van der Waals surface area (Å²) in [6.07, 6.45) is 10.6. The van der Waals surface area contributed by atoms with Crippen molar-refractivity contribution in [2.45, 2.75) is 46.0 Å². The van der Waals surface area contributed by atoms with Crippen molar-refractivity contribution in [3.8, 4) is 0 Å². The van der Waals surface area contributed by atoms with Gasteiger partial charge in [-0.1, -0.05) is 19.1 Å². The van der Waals surface area contributed by atoms with Gasteiger partial charge in [-0.3, -0.25) is 4.79 Å². The zero-order valence-corrected chi connectivity index (χ0v) is 11.2. The van der Waals surface area contributed by atoms with E-state index >= 15 is 0 Å². The van der Waals surface area contributed by atoms with Gasteiger partial charge >= 0.3 is 0 Å². The van der Waals surface area contributed by atoms with Crippen molar-refractivity contribution in [2.75, 3.05) is 13.1 Å². The molecule has 0 aromatic rings. The molecule has 2 heteroatoms. The highest BCUT2D eigenvalue weighted by Gasteiger charge is 2.43.